The molecule has 0 aliphatic carbocycles. The fourth-order valence-corrected chi connectivity index (χ4v) is 1.75. The van der Waals surface area contributed by atoms with Crippen molar-refractivity contribution in [2.75, 3.05) is 5.88 Å². The van der Waals surface area contributed by atoms with Crippen LogP contribution in [0.25, 0.3) is 0 Å². The zero-order valence-electron chi connectivity index (χ0n) is 6.29. The zero-order valence-corrected chi connectivity index (χ0v) is 8.62. The van der Waals surface area contributed by atoms with Crippen LogP contribution in [0.3, 0.4) is 0 Å². The van der Waals surface area contributed by atoms with Gasteiger partial charge in [0.15, 0.2) is 0 Å². The number of carbonyl (C=O) groups is 1. The van der Waals surface area contributed by atoms with Crippen molar-refractivity contribution in [3.63, 3.8) is 0 Å². The van der Waals surface area contributed by atoms with Gasteiger partial charge < -0.3 is 4.55 Å². The highest BCUT2D eigenvalue weighted by Crippen LogP contribution is 2.09. The monoisotopic (exact) mass is 231 g/mol. The third-order valence-corrected chi connectivity index (χ3v) is 3.03. The highest BCUT2D eigenvalue weighted by molar-refractivity contribution is 7.79. The molecule has 0 aliphatic heterocycles. The Labute approximate surface area is 83.7 Å². The van der Waals surface area contributed by atoms with Crippen LogP contribution in [0.15, 0.2) is 0 Å². The maximum Gasteiger partial charge on any atom is 0.221 e. The molecule has 0 aliphatic rings. The molecule has 72 valence electrons. The summed E-state index contributed by atoms with van der Waals surface area (Å²) >= 11 is 8.27. The van der Waals surface area contributed by atoms with Gasteiger partial charge in [0.05, 0.1) is 0 Å². The summed E-state index contributed by atoms with van der Waals surface area (Å²) in [5, 5.41) is -1.01. The van der Waals surface area contributed by atoms with Crippen molar-refractivity contribution in [2.24, 2.45) is 0 Å². The molecule has 2 atom stereocenters. The number of rotatable bonds is 6. The van der Waals surface area contributed by atoms with Crippen LogP contribution in [0.2, 0.25) is 0 Å². The second-order valence-electron chi connectivity index (χ2n) is 2.28. The van der Waals surface area contributed by atoms with Gasteiger partial charge in [-0.3, -0.25) is 9.00 Å². The van der Waals surface area contributed by atoms with Gasteiger partial charge in [-0.05, 0) is 24.4 Å². The molecule has 0 aromatic rings. The number of hydrogen-bond donors (Lipinski definition) is 0. The highest BCUT2D eigenvalue weighted by Gasteiger charge is 2.08. The largest absolute Gasteiger partial charge is 0.772 e. The number of halogens is 2. The van der Waals surface area contributed by atoms with Gasteiger partial charge in [0, 0.05) is 17.6 Å². The molecule has 12 heavy (non-hydrogen) atoms. The Morgan fingerprint density at radius 3 is 2.50 bits per heavy atom. The summed E-state index contributed by atoms with van der Waals surface area (Å²) in [6, 6.07) is 0. The summed E-state index contributed by atoms with van der Waals surface area (Å²) in [7, 11) is 0. The van der Waals surface area contributed by atoms with Gasteiger partial charge in [-0.1, -0.05) is 11.1 Å². The van der Waals surface area contributed by atoms with Crippen LogP contribution in [0.4, 0.5) is 0 Å². The summed E-state index contributed by atoms with van der Waals surface area (Å²) in [4.78, 5) is 10.3. The molecule has 0 fully saturated rings. The van der Waals surface area contributed by atoms with E-state index in [0.717, 1.165) is 0 Å². The van der Waals surface area contributed by atoms with Crippen LogP contribution in [0.5, 0.6) is 0 Å². The standard InChI is InChI=1S/C6H10Cl2O3S/c7-4-5(12(10)11)2-1-3-6(8)9/h5H,1-4H2,(H,10,11)/p-1. The lowest BCUT2D eigenvalue weighted by Gasteiger charge is -2.15. The average molecular weight is 232 g/mol. The molecule has 0 radical (unpaired) electrons. The van der Waals surface area contributed by atoms with Crippen molar-refractivity contribution in [1.82, 2.24) is 0 Å². The fourth-order valence-electron chi connectivity index (χ4n) is 0.694. The molecule has 0 N–H and O–H groups in total. The Kier molecular flexibility index (Phi) is 7.04. The molecule has 3 nitrogen and oxygen atoms in total. The van der Waals surface area contributed by atoms with Crippen molar-refractivity contribution in [2.45, 2.75) is 24.5 Å². The lowest BCUT2D eigenvalue weighted by atomic mass is 10.2. The van der Waals surface area contributed by atoms with Gasteiger partial charge in [-0.25, -0.2) is 0 Å². The third-order valence-electron chi connectivity index (χ3n) is 1.34. The minimum Gasteiger partial charge on any atom is -0.772 e. The van der Waals surface area contributed by atoms with Crippen molar-refractivity contribution >= 4 is 39.5 Å². The second kappa shape index (κ2) is 6.83. The minimum absolute atomic E-state index is 0.0621. The molecular formula is C6H9Cl2O3S-. The first-order chi connectivity index (χ1) is 5.57. The normalized spacial score (nSPS) is 15.6. The van der Waals surface area contributed by atoms with Crippen LogP contribution in [0, 0.1) is 0 Å². The molecule has 0 saturated heterocycles. The van der Waals surface area contributed by atoms with Crippen LogP contribution < -0.4 is 0 Å². The van der Waals surface area contributed by atoms with E-state index in [-0.39, 0.29) is 12.3 Å². The Bertz CT molecular complexity index is 174. The summed E-state index contributed by atoms with van der Waals surface area (Å²) in [5.41, 5.74) is 0. The molecule has 0 saturated carbocycles. The molecule has 6 heteroatoms. The van der Waals surface area contributed by atoms with Crippen LogP contribution in [0.1, 0.15) is 19.3 Å². The zero-order chi connectivity index (χ0) is 9.56. The second-order valence-corrected chi connectivity index (χ2v) is 4.20. The minimum atomic E-state index is -2.15. The van der Waals surface area contributed by atoms with E-state index in [9.17, 15) is 13.6 Å². The Balaban J connectivity index is 3.59. The Morgan fingerprint density at radius 1 is 1.58 bits per heavy atom. The lowest BCUT2D eigenvalue weighted by molar-refractivity contribution is -0.111. The van der Waals surface area contributed by atoms with Gasteiger partial charge >= 0.3 is 0 Å². The molecule has 0 aromatic heterocycles. The van der Waals surface area contributed by atoms with E-state index in [4.69, 9.17) is 23.2 Å². The van der Waals surface area contributed by atoms with Gasteiger partial charge in [-0.15, -0.1) is 11.6 Å². The van der Waals surface area contributed by atoms with E-state index in [1.165, 1.54) is 0 Å². The van der Waals surface area contributed by atoms with E-state index >= 15 is 0 Å². The molecule has 0 spiro atoms. The van der Waals surface area contributed by atoms with Gasteiger partial charge in [0.1, 0.15) is 0 Å². The maximum absolute atomic E-state index is 10.4. The van der Waals surface area contributed by atoms with Gasteiger partial charge in [0.25, 0.3) is 0 Å². The number of alkyl halides is 1. The van der Waals surface area contributed by atoms with Crippen LogP contribution in [-0.2, 0) is 15.9 Å². The topological polar surface area (TPSA) is 57.2 Å². The fraction of sp³-hybridized carbons (Fsp3) is 0.833. The smallest absolute Gasteiger partial charge is 0.221 e. The molecule has 0 aromatic carbocycles. The third kappa shape index (κ3) is 5.94. The van der Waals surface area contributed by atoms with E-state index in [1.54, 1.807) is 0 Å². The average Bonchev–Trinajstić information content (AvgIpc) is 1.96. The van der Waals surface area contributed by atoms with E-state index in [1.807, 2.05) is 0 Å². The van der Waals surface area contributed by atoms with Crippen molar-refractivity contribution in [1.29, 1.82) is 0 Å². The first kappa shape index (κ1) is 12.4. The molecule has 0 bridgehead atoms. The van der Waals surface area contributed by atoms with Crippen molar-refractivity contribution in [3.8, 4) is 0 Å². The molecule has 2 unspecified atom stereocenters. The summed E-state index contributed by atoms with van der Waals surface area (Å²) in [6.45, 7) is 0. The summed E-state index contributed by atoms with van der Waals surface area (Å²) in [5.74, 6) is 0.0621. The first-order valence-electron chi connectivity index (χ1n) is 3.40. The molecule has 0 heterocycles. The predicted octanol–water partition coefficient (Wildman–Crippen LogP) is 1.41. The highest BCUT2D eigenvalue weighted by atomic mass is 35.5. The number of hydrogen-bond acceptors (Lipinski definition) is 3. The molecular weight excluding hydrogens is 223 g/mol. The summed E-state index contributed by atoms with van der Waals surface area (Å²) in [6.07, 6.45) is 1.05. The van der Waals surface area contributed by atoms with E-state index in [2.05, 4.69) is 0 Å². The number of carbonyl (C=O) groups excluding carboxylic acids is 1. The van der Waals surface area contributed by atoms with Crippen molar-refractivity contribution in [3.05, 3.63) is 0 Å². The Morgan fingerprint density at radius 2 is 2.17 bits per heavy atom. The van der Waals surface area contributed by atoms with Crippen LogP contribution >= 0.6 is 23.2 Å². The van der Waals surface area contributed by atoms with Gasteiger partial charge in [0.2, 0.25) is 5.24 Å². The lowest BCUT2D eigenvalue weighted by Crippen LogP contribution is -2.16. The SMILES string of the molecule is O=C(Cl)CCCC(CCl)S(=O)[O-]. The van der Waals surface area contributed by atoms with Crippen molar-refractivity contribution < 1.29 is 13.6 Å². The van der Waals surface area contributed by atoms with Gasteiger partial charge in [-0.2, -0.15) is 0 Å². The van der Waals surface area contributed by atoms with E-state index in [0.29, 0.717) is 12.8 Å². The molecule has 0 amide bonds. The molecule has 0 rings (SSSR count). The Hall–Kier alpha value is 0.360. The predicted molar refractivity (Wildman–Crippen MR) is 48.1 cm³/mol. The van der Waals surface area contributed by atoms with Crippen LogP contribution in [-0.4, -0.2) is 25.1 Å². The first-order valence-corrected chi connectivity index (χ1v) is 5.45. The summed E-state index contributed by atoms with van der Waals surface area (Å²) < 4.78 is 20.8. The van der Waals surface area contributed by atoms with E-state index < -0.39 is 21.6 Å². The quantitative estimate of drug-likeness (QED) is 0.395. The maximum atomic E-state index is 10.4.